The average Bonchev–Trinajstić information content (AvgIpc) is 2.89. The predicted molar refractivity (Wildman–Crippen MR) is 136 cm³/mol. The van der Waals surface area contributed by atoms with Crippen LogP contribution in [0.25, 0.3) is 0 Å². The number of non-ortho nitro benzene ring substituents is 2. The van der Waals surface area contributed by atoms with Crippen LogP contribution >= 0.6 is 11.8 Å². The molecule has 0 unspecified atom stereocenters. The molecule has 2 amide bonds. The Morgan fingerprint density at radius 3 is 2.06 bits per heavy atom. The molecule has 0 aliphatic carbocycles. The number of nitro groups is 2. The van der Waals surface area contributed by atoms with Crippen molar-refractivity contribution >= 4 is 41.2 Å². The van der Waals surface area contributed by atoms with Gasteiger partial charge in [-0.3, -0.25) is 29.8 Å². The van der Waals surface area contributed by atoms with Gasteiger partial charge in [0.1, 0.15) is 6.04 Å². The Kier molecular flexibility index (Phi) is 9.23. The predicted octanol–water partition coefficient (Wildman–Crippen LogP) is 3.69. The molecule has 0 spiro atoms. The van der Waals surface area contributed by atoms with Crippen molar-refractivity contribution in [1.29, 1.82) is 0 Å². The number of rotatable bonds is 11. The zero-order valence-electron chi connectivity index (χ0n) is 18.8. The summed E-state index contributed by atoms with van der Waals surface area (Å²) in [6, 6.07) is 19.3. The molecular formula is C24H21N5O6S. The minimum absolute atomic E-state index is 0.0688. The van der Waals surface area contributed by atoms with Gasteiger partial charge in [0, 0.05) is 41.3 Å². The Hall–Kier alpha value is -4.58. The lowest BCUT2D eigenvalue weighted by atomic mass is 10.2. The average molecular weight is 508 g/mol. The Morgan fingerprint density at radius 2 is 1.47 bits per heavy atom. The lowest BCUT2D eigenvalue weighted by Crippen LogP contribution is -2.47. The first-order valence-corrected chi connectivity index (χ1v) is 11.7. The number of carbonyl (C=O) groups excluding carboxylic acids is 2. The topological polar surface area (TPSA) is 157 Å². The van der Waals surface area contributed by atoms with Crippen LogP contribution < -0.4 is 10.7 Å². The third-order valence-electron chi connectivity index (χ3n) is 4.85. The highest BCUT2D eigenvalue weighted by Crippen LogP contribution is 2.15. The van der Waals surface area contributed by atoms with Crippen LogP contribution in [0.4, 0.5) is 11.4 Å². The molecule has 0 saturated heterocycles. The van der Waals surface area contributed by atoms with Gasteiger partial charge in [-0.2, -0.15) is 16.9 Å². The van der Waals surface area contributed by atoms with Crippen LogP contribution in [0.1, 0.15) is 21.5 Å². The normalized spacial score (nSPS) is 11.6. The zero-order chi connectivity index (χ0) is 25.9. The Morgan fingerprint density at radius 1 is 0.889 bits per heavy atom. The molecule has 36 heavy (non-hydrogen) atoms. The van der Waals surface area contributed by atoms with Crippen LogP contribution in [0.3, 0.4) is 0 Å². The van der Waals surface area contributed by atoms with E-state index < -0.39 is 27.7 Å². The summed E-state index contributed by atoms with van der Waals surface area (Å²) in [6.07, 6.45) is 1.33. The SMILES string of the molecule is O=C(N[C@H](CSCc1ccccc1)C(=O)NN=Cc1ccc([N+](=O)[O-])cc1)c1ccc([N+](=O)[O-])cc1. The van der Waals surface area contributed by atoms with Gasteiger partial charge in [0.15, 0.2) is 0 Å². The number of hydrogen-bond acceptors (Lipinski definition) is 8. The van der Waals surface area contributed by atoms with E-state index in [2.05, 4.69) is 15.8 Å². The van der Waals surface area contributed by atoms with Crippen molar-refractivity contribution in [3.63, 3.8) is 0 Å². The molecule has 3 aromatic rings. The molecule has 0 fully saturated rings. The van der Waals surface area contributed by atoms with Crippen molar-refractivity contribution in [2.24, 2.45) is 5.10 Å². The summed E-state index contributed by atoms with van der Waals surface area (Å²) in [5.41, 5.74) is 3.91. The Balaban J connectivity index is 1.65. The molecule has 11 nitrogen and oxygen atoms in total. The molecule has 0 aromatic heterocycles. The number of nitrogens with one attached hydrogen (secondary N) is 2. The van der Waals surface area contributed by atoms with Crippen molar-refractivity contribution in [2.75, 3.05) is 5.75 Å². The fourth-order valence-corrected chi connectivity index (χ4v) is 3.97. The van der Waals surface area contributed by atoms with Crippen LogP contribution in [-0.4, -0.2) is 39.7 Å². The zero-order valence-corrected chi connectivity index (χ0v) is 19.6. The van der Waals surface area contributed by atoms with Gasteiger partial charge in [0.25, 0.3) is 23.2 Å². The minimum Gasteiger partial charge on any atom is -0.339 e. The molecule has 12 heteroatoms. The first-order chi connectivity index (χ1) is 17.3. The fourth-order valence-electron chi connectivity index (χ4n) is 2.96. The van der Waals surface area contributed by atoms with Crippen LogP contribution in [0.2, 0.25) is 0 Å². The van der Waals surface area contributed by atoms with Gasteiger partial charge in [-0.05, 0) is 35.4 Å². The second-order valence-corrected chi connectivity index (χ2v) is 8.44. The van der Waals surface area contributed by atoms with Crippen molar-refractivity contribution < 1.29 is 19.4 Å². The Bertz CT molecular complexity index is 1250. The maximum atomic E-state index is 12.8. The van der Waals surface area contributed by atoms with E-state index in [1.54, 1.807) is 0 Å². The summed E-state index contributed by atoms with van der Waals surface area (Å²) in [7, 11) is 0. The van der Waals surface area contributed by atoms with Crippen molar-refractivity contribution in [3.8, 4) is 0 Å². The van der Waals surface area contributed by atoms with Gasteiger partial charge >= 0.3 is 0 Å². The number of nitro benzene ring substituents is 2. The van der Waals surface area contributed by atoms with E-state index in [9.17, 15) is 29.8 Å². The van der Waals surface area contributed by atoms with E-state index in [-0.39, 0.29) is 22.7 Å². The molecule has 3 rings (SSSR count). The van der Waals surface area contributed by atoms with E-state index >= 15 is 0 Å². The second-order valence-electron chi connectivity index (χ2n) is 7.41. The first-order valence-electron chi connectivity index (χ1n) is 10.6. The van der Waals surface area contributed by atoms with Gasteiger partial charge in [0.05, 0.1) is 16.1 Å². The molecule has 0 heterocycles. The molecule has 0 aliphatic rings. The van der Waals surface area contributed by atoms with Gasteiger partial charge in [0.2, 0.25) is 0 Å². The first kappa shape index (κ1) is 26.0. The smallest absolute Gasteiger partial charge is 0.269 e. The minimum atomic E-state index is -0.949. The summed E-state index contributed by atoms with van der Waals surface area (Å²) < 4.78 is 0. The van der Waals surface area contributed by atoms with Crippen LogP contribution in [-0.2, 0) is 10.5 Å². The van der Waals surface area contributed by atoms with Crippen LogP contribution in [0, 0.1) is 20.2 Å². The number of carbonyl (C=O) groups is 2. The molecule has 184 valence electrons. The largest absolute Gasteiger partial charge is 0.339 e. The molecular weight excluding hydrogens is 486 g/mol. The summed E-state index contributed by atoms with van der Waals surface area (Å²) in [5, 5.41) is 28.1. The maximum absolute atomic E-state index is 12.8. The van der Waals surface area contributed by atoms with Gasteiger partial charge in [-0.25, -0.2) is 5.43 Å². The van der Waals surface area contributed by atoms with E-state index in [1.807, 2.05) is 30.3 Å². The van der Waals surface area contributed by atoms with Crippen molar-refractivity contribution in [2.45, 2.75) is 11.8 Å². The fraction of sp³-hybridized carbons (Fsp3) is 0.125. The Labute approximate surface area is 209 Å². The van der Waals surface area contributed by atoms with E-state index in [0.29, 0.717) is 11.3 Å². The third kappa shape index (κ3) is 7.74. The number of thioether (sulfide) groups is 1. The van der Waals surface area contributed by atoms with E-state index in [1.165, 1.54) is 66.5 Å². The van der Waals surface area contributed by atoms with Crippen LogP contribution in [0.5, 0.6) is 0 Å². The van der Waals surface area contributed by atoms with E-state index in [4.69, 9.17) is 0 Å². The molecule has 0 bridgehead atoms. The lowest BCUT2D eigenvalue weighted by Gasteiger charge is -2.17. The molecule has 2 N–H and O–H groups in total. The molecule has 1 atom stereocenters. The van der Waals surface area contributed by atoms with Gasteiger partial charge in [-0.1, -0.05) is 30.3 Å². The number of hydrazone groups is 1. The summed E-state index contributed by atoms with van der Waals surface area (Å²) in [4.78, 5) is 46.0. The van der Waals surface area contributed by atoms with Gasteiger partial charge in [-0.15, -0.1) is 0 Å². The standard InChI is InChI=1S/C24H21N5O6S/c30-23(19-8-12-21(13-9-19)29(34)35)26-22(16-36-15-18-4-2-1-3-5-18)24(31)27-25-14-17-6-10-20(11-7-17)28(32)33/h1-14,22H,15-16H2,(H,26,30)(H,27,31)/t22-/m1/s1. The maximum Gasteiger partial charge on any atom is 0.269 e. The van der Waals surface area contributed by atoms with Gasteiger partial charge < -0.3 is 5.32 Å². The summed E-state index contributed by atoms with van der Waals surface area (Å²) in [5.74, 6) is -0.273. The summed E-state index contributed by atoms with van der Waals surface area (Å²) in [6.45, 7) is 0. The second kappa shape index (κ2) is 12.8. The number of amides is 2. The highest BCUT2D eigenvalue weighted by Gasteiger charge is 2.22. The number of hydrogen-bond donors (Lipinski definition) is 2. The quantitative estimate of drug-likeness (QED) is 0.228. The molecule has 0 aliphatic heterocycles. The lowest BCUT2D eigenvalue weighted by molar-refractivity contribution is -0.385. The monoisotopic (exact) mass is 507 g/mol. The highest BCUT2D eigenvalue weighted by atomic mass is 32.2. The third-order valence-corrected chi connectivity index (χ3v) is 5.96. The summed E-state index contributed by atoms with van der Waals surface area (Å²) >= 11 is 1.44. The van der Waals surface area contributed by atoms with Crippen LogP contribution in [0.15, 0.2) is 84.0 Å². The number of benzene rings is 3. The molecule has 0 saturated carbocycles. The van der Waals surface area contributed by atoms with Crippen molar-refractivity contribution in [1.82, 2.24) is 10.7 Å². The highest BCUT2D eigenvalue weighted by molar-refractivity contribution is 7.98. The van der Waals surface area contributed by atoms with Crippen molar-refractivity contribution in [3.05, 3.63) is 116 Å². The molecule has 0 radical (unpaired) electrons. The van der Waals surface area contributed by atoms with E-state index in [0.717, 1.165) is 5.56 Å². The number of nitrogens with zero attached hydrogens (tertiary/aromatic N) is 3. The molecule has 3 aromatic carbocycles.